The number of ketones is 1. The third-order valence-corrected chi connectivity index (χ3v) is 4.78. The molecule has 10 heteroatoms. The van der Waals surface area contributed by atoms with Crippen molar-refractivity contribution in [2.45, 2.75) is 19.0 Å². The molecule has 2 atom stereocenters. The number of pyridine rings is 1. The van der Waals surface area contributed by atoms with E-state index in [-0.39, 0.29) is 17.5 Å². The smallest absolute Gasteiger partial charge is 0.311 e. The van der Waals surface area contributed by atoms with Crippen molar-refractivity contribution in [1.29, 1.82) is 0 Å². The molecule has 0 aromatic carbocycles. The zero-order chi connectivity index (χ0) is 20.5. The van der Waals surface area contributed by atoms with Crippen LogP contribution in [0.3, 0.4) is 0 Å². The van der Waals surface area contributed by atoms with Gasteiger partial charge in [0.1, 0.15) is 5.69 Å². The van der Waals surface area contributed by atoms with Crippen LogP contribution in [0.25, 0.3) is 5.69 Å². The second-order valence-electron chi connectivity index (χ2n) is 6.47. The Labute approximate surface area is 163 Å². The first-order valence-electron chi connectivity index (χ1n) is 8.38. The summed E-state index contributed by atoms with van der Waals surface area (Å²) in [7, 11) is 1.51. The zero-order valence-corrected chi connectivity index (χ0v) is 15.5. The Morgan fingerprint density at radius 1 is 1.36 bits per heavy atom. The SMILES string of the molecule is CN(C(=O)[C@@H]1C=C[C@H](CC(=O)C(F)(F)F)C1)c1cn(-c2cccnc2)nc1Cl. The number of nitrogens with zero attached hydrogens (tertiary/aromatic N) is 4. The average molecular weight is 413 g/mol. The van der Waals surface area contributed by atoms with Gasteiger partial charge < -0.3 is 4.90 Å². The van der Waals surface area contributed by atoms with Crippen LogP contribution >= 0.6 is 11.6 Å². The molecule has 1 amide bonds. The highest BCUT2D eigenvalue weighted by Gasteiger charge is 2.40. The van der Waals surface area contributed by atoms with Crippen LogP contribution in [0.1, 0.15) is 12.8 Å². The molecule has 2 aromatic heterocycles. The molecular formula is C18H16ClF3N4O2. The number of Topliss-reactive ketones (excluding diaryl/α,β-unsaturated/α-hetero) is 1. The summed E-state index contributed by atoms with van der Waals surface area (Å²) in [6.07, 6.45) is 2.40. The van der Waals surface area contributed by atoms with Crippen molar-refractivity contribution in [1.82, 2.24) is 14.8 Å². The molecule has 0 unspecified atom stereocenters. The number of hydrogen-bond donors (Lipinski definition) is 0. The lowest BCUT2D eigenvalue weighted by Gasteiger charge is -2.20. The van der Waals surface area contributed by atoms with E-state index in [1.807, 2.05) is 0 Å². The maximum Gasteiger partial charge on any atom is 0.449 e. The van der Waals surface area contributed by atoms with Crippen molar-refractivity contribution in [2.75, 3.05) is 11.9 Å². The van der Waals surface area contributed by atoms with Gasteiger partial charge in [0.2, 0.25) is 11.7 Å². The van der Waals surface area contributed by atoms with Crippen LogP contribution in [0, 0.1) is 11.8 Å². The Morgan fingerprint density at radius 3 is 2.75 bits per heavy atom. The molecule has 0 radical (unpaired) electrons. The highest BCUT2D eigenvalue weighted by Crippen LogP contribution is 2.33. The summed E-state index contributed by atoms with van der Waals surface area (Å²) in [6, 6.07) is 3.50. The van der Waals surface area contributed by atoms with Gasteiger partial charge in [-0.05, 0) is 24.5 Å². The van der Waals surface area contributed by atoms with E-state index in [4.69, 9.17) is 11.6 Å². The normalized spacial score (nSPS) is 19.0. The summed E-state index contributed by atoms with van der Waals surface area (Å²) < 4.78 is 38.7. The van der Waals surface area contributed by atoms with Crippen LogP contribution in [-0.4, -0.2) is 39.7 Å². The van der Waals surface area contributed by atoms with Crippen LogP contribution in [-0.2, 0) is 9.59 Å². The van der Waals surface area contributed by atoms with Gasteiger partial charge in [0.25, 0.3) is 0 Å². The molecule has 0 aliphatic heterocycles. The van der Waals surface area contributed by atoms with Crippen molar-refractivity contribution >= 4 is 29.0 Å². The van der Waals surface area contributed by atoms with Gasteiger partial charge in [0.15, 0.2) is 5.15 Å². The number of carbonyl (C=O) groups excluding carboxylic acids is 2. The highest BCUT2D eigenvalue weighted by atomic mass is 35.5. The zero-order valence-electron chi connectivity index (χ0n) is 14.7. The maximum atomic E-state index is 12.7. The van der Waals surface area contributed by atoms with Crippen molar-refractivity contribution in [3.05, 3.63) is 48.0 Å². The molecule has 0 N–H and O–H groups in total. The van der Waals surface area contributed by atoms with Crippen molar-refractivity contribution < 1.29 is 22.8 Å². The van der Waals surface area contributed by atoms with Gasteiger partial charge in [-0.2, -0.15) is 18.3 Å². The van der Waals surface area contributed by atoms with Crippen LogP contribution in [0.4, 0.5) is 18.9 Å². The minimum Gasteiger partial charge on any atom is -0.311 e. The average Bonchev–Trinajstić information content (AvgIpc) is 3.27. The molecule has 1 aliphatic carbocycles. The Morgan fingerprint density at radius 2 is 2.11 bits per heavy atom. The fourth-order valence-corrected chi connectivity index (χ4v) is 3.28. The molecular weight excluding hydrogens is 397 g/mol. The molecule has 0 saturated carbocycles. The number of aromatic nitrogens is 3. The third-order valence-electron chi connectivity index (χ3n) is 4.51. The van der Waals surface area contributed by atoms with Gasteiger partial charge >= 0.3 is 6.18 Å². The number of allylic oxidation sites excluding steroid dienone is 1. The molecule has 0 spiro atoms. The molecule has 0 bridgehead atoms. The van der Waals surface area contributed by atoms with Crippen LogP contribution in [0.5, 0.6) is 0 Å². The van der Waals surface area contributed by atoms with E-state index in [9.17, 15) is 22.8 Å². The Hall–Kier alpha value is -2.68. The lowest BCUT2D eigenvalue weighted by Crippen LogP contribution is -2.32. The fraction of sp³-hybridized carbons (Fsp3) is 0.333. The van der Waals surface area contributed by atoms with Gasteiger partial charge in [0, 0.05) is 19.7 Å². The number of amides is 1. The number of alkyl halides is 3. The largest absolute Gasteiger partial charge is 0.449 e. The Bertz CT molecular complexity index is 911. The van der Waals surface area contributed by atoms with E-state index in [1.54, 1.807) is 30.7 Å². The molecule has 1 aliphatic rings. The summed E-state index contributed by atoms with van der Waals surface area (Å²) in [5, 5.41) is 4.26. The molecule has 28 heavy (non-hydrogen) atoms. The molecule has 0 saturated heterocycles. The predicted octanol–water partition coefficient (Wildman–Crippen LogP) is 3.60. The molecule has 2 aromatic rings. The second kappa shape index (κ2) is 7.75. The van der Waals surface area contributed by atoms with E-state index < -0.39 is 30.2 Å². The molecule has 6 nitrogen and oxygen atoms in total. The van der Waals surface area contributed by atoms with E-state index in [0.717, 1.165) is 0 Å². The Balaban J connectivity index is 1.68. The maximum absolute atomic E-state index is 12.7. The monoisotopic (exact) mass is 412 g/mol. The van der Waals surface area contributed by atoms with Crippen molar-refractivity contribution in [3.8, 4) is 5.69 Å². The quantitative estimate of drug-likeness (QED) is 0.704. The molecule has 148 valence electrons. The third kappa shape index (κ3) is 4.24. The lowest BCUT2D eigenvalue weighted by atomic mass is 9.97. The van der Waals surface area contributed by atoms with Crippen molar-refractivity contribution in [2.24, 2.45) is 11.8 Å². The van der Waals surface area contributed by atoms with E-state index >= 15 is 0 Å². The van der Waals surface area contributed by atoms with Gasteiger partial charge in [0.05, 0.1) is 24.0 Å². The Kier molecular flexibility index (Phi) is 5.55. The van der Waals surface area contributed by atoms with Gasteiger partial charge in [-0.3, -0.25) is 14.6 Å². The second-order valence-corrected chi connectivity index (χ2v) is 6.83. The van der Waals surface area contributed by atoms with E-state index in [0.29, 0.717) is 11.4 Å². The summed E-state index contributed by atoms with van der Waals surface area (Å²) in [5.41, 5.74) is 1.02. The van der Waals surface area contributed by atoms with Gasteiger partial charge in [-0.1, -0.05) is 23.8 Å². The fourth-order valence-electron chi connectivity index (χ4n) is 3.02. The lowest BCUT2D eigenvalue weighted by molar-refractivity contribution is -0.171. The van der Waals surface area contributed by atoms with E-state index in [1.165, 1.54) is 28.8 Å². The number of halogens is 4. The number of carbonyl (C=O) groups is 2. The summed E-state index contributed by atoms with van der Waals surface area (Å²) in [5.74, 6) is -3.38. The standard InChI is InChI=1S/C18H16ClF3N4O2/c1-25(14-10-26(24-16(14)19)13-3-2-6-23-9-13)17(28)12-5-4-11(7-12)8-15(27)18(20,21)22/h2-6,9-12H,7-8H2,1H3/t11-,12+/m0/s1. The molecule has 3 rings (SSSR count). The summed E-state index contributed by atoms with van der Waals surface area (Å²) in [4.78, 5) is 29.2. The topological polar surface area (TPSA) is 68.1 Å². The van der Waals surface area contributed by atoms with Crippen LogP contribution in [0.15, 0.2) is 42.9 Å². The molecule has 2 heterocycles. The molecule has 0 fully saturated rings. The van der Waals surface area contributed by atoms with Gasteiger partial charge in [-0.15, -0.1) is 0 Å². The minimum atomic E-state index is -4.86. The number of anilines is 1. The van der Waals surface area contributed by atoms with Gasteiger partial charge in [-0.25, -0.2) is 4.68 Å². The summed E-state index contributed by atoms with van der Waals surface area (Å²) >= 11 is 6.15. The minimum absolute atomic E-state index is 0.102. The first kappa shape index (κ1) is 20.1. The number of hydrogen-bond acceptors (Lipinski definition) is 4. The summed E-state index contributed by atoms with van der Waals surface area (Å²) in [6.45, 7) is 0. The van der Waals surface area contributed by atoms with Crippen molar-refractivity contribution in [3.63, 3.8) is 0 Å². The van der Waals surface area contributed by atoms with Crippen LogP contribution in [0.2, 0.25) is 5.15 Å². The predicted molar refractivity (Wildman–Crippen MR) is 96.2 cm³/mol. The van der Waals surface area contributed by atoms with Crippen LogP contribution < -0.4 is 4.90 Å². The first-order chi connectivity index (χ1) is 13.2. The number of rotatable bonds is 5. The van der Waals surface area contributed by atoms with E-state index in [2.05, 4.69) is 10.1 Å². The highest BCUT2D eigenvalue weighted by molar-refractivity contribution is 6.32. The first-order valence-corrected chi connectivity index (χ1v) is 8.76.